The Morgan fingerprint density at radius 3 is 2.19 bits per heavy atom. The van der Waals surface area contributed by atoms with Gasteiger partial charge in [0.2, 0.25) is 5.91 Å². The monoisotopic (exact) mass is 420 g/mol. The normalized spacial score (nSPS) is 20.5. The van der Waals surface area contributed by atoms with Crippen LogP contribution in [0.2, 0.25) is 0 Å². The average Bonchev–Trinajstić information content (AvgIpc) is 3.00. The zero-order valence-corrected chi connectivity index (χ0v) is 18.4. The van der Waals surface area contributed by atoms with Gasteiger partial charge in [-0.2, -0.15) is 0 Å². The summed E-state index contributed by atoms with van der Waals surface area (Å²) in [5.41, 5.74) is 1.86. The van der Waals surface area contributed by atoms with Crippen LogP contribution in [0.3, 0.4) is 0 Å². The van der Waals surface area contributed by atoms with E-state index in [2.05, 4.69) is 34.9 Å². The molecule has 1 spiro atoms. The number of urea groups is 1. The molecule has 31 heavy (non-hydrogen) atoms. The lowest BCUT2D eigenvalue weighted by Crippen LogP contribution is -2.60. The maximum Gasteiger partial charge on any atom is 0.317 e. The molecule has 6 nitrogen and oxygen atoms in total. The standard InChI is InChI=1S/C25H32N4O2/c1-19(2)26-24(31)28-15-13-25(14-16-28)27-22(17-20-9-5-3-6-10-20)23(30)29(25)18-21-11-7-4-8-12-21/h3-12,19,22,27H,13-18H2,1-2H3,(H,26,31)/t22-/m0/s1. The summed E-state index contributed by atoms with van der Waals surface area (Å²) in [5, 5.41) is 6.67. The number of rotatable bonds is 5. The molecule has 0 radical (unpaired) electrons. The quantitative estimate of drug-likeness (QED) is 0.781. The molecule has 2 heterocycles. The second kappa shape index (κ2) is 9.10. The van der Waals surface area contributed by atoms with Gasteiger partial charge in [-0.1, -0.05) is 60.7 Å². The van der Waals surface area contributed by atoms with Crippen LogP contribution in [0.5, 0.6) is 0 Å². The van der Waals surface area contributed by atoms with Crippen molar-refractivity contribution in [2.75, 3.05) is 13.1 Å². The van der Waals surface area contributed by atoms with Crippen molar-refractivity contribution < 1.29 is 9.59 Å². The molecule has 1 atom stereocenters. The summed E-state index contributed by atoms with van der Waals surface area (Å²) >= 11 is 0. The molecule has 0 aromatic heterocycles. The van der Waals surface area contributed by atoms with E-state index in [1.54, 1.807) is 0 Å². The molecular weight excluding hydrogens is 388 g/mol. The topological polar surface area (TPSA) is 64.7 Å². The van der Waals surface area contributed by atoms with Crippen LogP contribution in [0.1, 0.15) is 37.8 Å². The maximum atomic E-state index is 13.5. The molecule has 2 fully saturated rings. The number of nitrogens with zero attached hydrogens (tertiary/aromatic N) is 2. The first-order valence-corrected chi connectivity index (χ1v) is 11.2. The third-order valence-corrected chi connectivity index (χ3v) is 6.28. The van der Waals surface area contributed by atoms with Gasteiger partial charge in [-0.25, -0.2) is 4.79 Å². The Kier molecular flexibility index (Phi) is 6.28. The van der Waals surface area contributed by atoms with Crippen LogP contribution >= 0.6 is 0 Å². The first kappa shape index (κ1) is 21.4. The van der Waals surface area contributed by atoms with Crippen LogP contribution in [-0.2, 0) is 17.8 Å². The van der Waals surface area contributed by atoms with E-state index < -0.39 is 5.66 Å². The molecule has 2 aliphatic rings. The molecule has 0 unspecified atom stereocenters. The van der Waals surface area contributed by atoms with Crippen molar-refractivity contribution in [3.63, 3.8) is 0 Å². The lowest BCUT2D eigenvalue weighted by Gasteiger charge is -2.44. The SMILES string of the molecule is CC(C)NC(=O)N1CCC2(CC1)N[C@@H](Cc1ccccc1)C(=O)N2Cc1ccccc1. The molecule has 0 saturated carbocycles. The predicted molar refractivity (Wildman–Crippen MR) is 121 cm³/mol. The number of carbonyl (C=O) groups excluding carboxylic acids is 2. The summed E-state index contributed by atoms with van der Waals surface area (Å²) in [6.07, 6.45) is 2.12. The maximum absolute atomic E-state index is 13.5. The molecule has 2 aromatic rings. The van der Waals surface area contributed by atoms with E-state index in [0.29, 0.717) is 26.1 Å². The minimum atomic E-state index is -0.416. The fraction of sp³-hybridized carbons (Fsp3) is 0.440. The van der Waals surface area contributed by atoms with Crippen LogP contribution < -0.4 is 10.6 Å². The molecular formula is C25H32N4O2. The second-order valence-electron chi connectivity index (χ2n) is 8.92. The minimum absolute atomic E-state index is 0.0235. The molecule has 2 aliphatic heterocycles. The molecule has 164 valence electrons. The summed E-state index contributed by atoms with van der Waals surface area (Å²) in [4.78, 5) is 29.9. The first-order valence-electron chi connectivity index (χ1n) is 11.2. The number of hydrogen-bond acceptors (Lipinski definition) is 3. The van der Waals surface area contributed by atoms with Crippen LogP contribution in [0, 0.1) is 0 Å². The van der Waals surface area contributed by atoms with Crippen molar-refractivity contribution in [1.29, 1.82) is 0 Å². The van der Waals surface area contributed by atoms with Crippen molar-refractivity contribution in [3.8, 4) is 0 Å². The van der Waals surface area contributed by atoms with Crippen molar-refractivity contribution >= 4 is 11.9 Å². The van der Waals surface area contributed by atoms with Gasteiger partial charge in [0.05, 0.1) is 11.7 Å². The number of amides is 3. The van der Waals surface area contributed by atoms with Gasteiger partial charge in [-0.15, -0.1) is 0 Å². The predicted octanol–water partition coefficient (Wildman–Crippen LogP) is 3.14. The fourth-order valence-corrected chi connectivity index (χ4v) is 4.68. The fourth-order valence-electron chi connectivity index (χ4n) is 4.68. The summed E-state index contributed by atoms with van der Waals surface area (Å²) < 4.78 is 0. The van der Waals surface area contributed by atoms with Gasteiger partial charge in [0.1, 0.15) is 0 Å². The van der Waals surface area contributed by atoms with Crippen LogP contribution in [0.25, 0.3) is 0 Å². The highest BCUT2D eigenvalue weighted by molar-refractivity contribution is 5.85. The first-order chi connectivity index (χ1) is 15.0. The van der Waals surface area contributed by atoms with Gasteiger partial charge in [-0.3, -0.25) is 10.1 Å². The number of benzene rings is 2. The zero-order valence-electron chi connectivity index (χ0n) is 18.4. The largest absolute Gasteiger partial charge is 0.336 e. The smallest absolute Gasteiger partial charge is 0.317 e. The molecule has 4 rings (SSSR count). The van der Waals surface area contributed by atoms with Crippen molar-refractivity contribution in [2.24, 2.45) is 0 Å². The number of hydrogen-bond donors (Lipinski definition) is 2. The van der Waals surface area contributed by atoms with Gasteiger partial charge in [0, 0.05) is 38.5 Å². The highest BCUT2D eigenvalue weighted by atomic mass is 16.2. The highest BCUT2D eigenvalue weighted by Gasteiger charge is 2.51. The van der Waals surface area contributed by atoms with E-state index in [4.69, 9.17) is 0 Å². The second-order valence-corrected chi connectivity index (χ2v) is 8.92. The van der Waals surface area contributed by atoms with Crippen LogP contribution in [0.15, 0.2) is 60.7 Å². The van der Waals surface area contributed by atoms with E-state index in [-0.39, 0.29) is 24.0 Å². The minimum Gasteiger partial charge on any atom is -0.336 e. The Hall–Kier alpha value is -2.86. The Morgan fingerprint density at radius 2 is 1.61 bits per heavy atom. The lowest BCUT2D eigenvalue weighted by molar-refractivity contribution is -0.134. The number of likely N-dealkylation sites (tertiary alicyclic amines) is 1. The number of piperidine rings is 1. The summed E-state index contributed by atoms with van der Waals surface area (Å²) in [6.45, 7) is 5.77. The summed E-state index contributed by atoms with van der Waals surface area (Å²) in [6, 6.07) is 20.1. The lowest BCUT2D eigenvalue weighted by atomic mass is 9.95. The molecule has 2 aromatic carbocycles. The van der Waals surface area contributed by atoms with Gasteiger partial charge in [0.25, 0.3) is 0 Å². The van der Waals surface area contributed by atoms with E-state index in [9.17, 15) is 9.59 Å². The van der Waals surface area contributed by atoms with Crippen molar-refractivity contribution in [1.82, 2.24) is 20.4 Å². The molecule has 3 amide bonds. The van der Waals surface area contributed by atoms with Crippen LogP contribution in [0.4, 0.5) is 4.79 Å². The Labute approximate surface area is 184 Å². The van der Waals surface area contributed by atoms with Gasteiger partial charge >= 0.3 is 6.03 Å². The molecule has 0 aliphatic carbocycles. The zero-order chi connectivity index (χ0) is 21.8. The molecule has 2 saturated heterocycles. The third-order valence-electron chi connectivity index (χ3n) is 6.28. The number of carbonyl (C=O) groups is 2. The van der Waals surface area contributed by atoms with E-state index in [1.165, 1.54) is 0 Å². The van der Waals surface area contributed by atoms with Gasteiger partial charge < -0.3 is 15.1 Å². The van der Waals surface area contributed by atoms with Crippen LogP contribution in [-0.4, -0.2) is 52.6 Å². The van der Waals surface area contributed by atoms with E-state index in [0.717, 1.165) is 24.0 Å². The van der Waals surface area contributed by atoms with Crippen molar-refractivity contribution in [3.05, 3.63) is 71.8 Å². The van der Waals surface area contributed by atoms with E-state index in [1.807, 2.05) is 60.0 Å². The van der Waals surface area contributed by atoms with Gasteiger partial charge in [0.15, 0.2) is 0 Å². The van der Waals surface area contributed by atoms with E-state index >= 15 is 0 Å². The van der Waals surface area contributed by atoms with Gasteiger partial charge in [-0.05, 0) is 31.4 Å². The molecule has 6 heteroatoms. The summed E-state index contributed by atoms with van der Waals surface area (Å²) in [5.74, 6) is 0.146. The third kappa shape index (κ3) is 4.74. The van der Waals surface area contributed by atoms with Crippen molar-refractivity contribution in [2.45, 2.75) is 57.4 Å². The Morgan fingerprint density at radius 1 is 1.03 bits per heavy atom. The average molecular weight is 421 g/mol. The number of nitrogens with one attached hydrogen (secondary N) is 2. The highest BCUT2D eigenvalue weighted by Crippen LogP contribution is 2.34. The Balaban J connectivity index is 1.53. The molecule has 2 N–H and O–H groups in total. The molecule has 0 bridgehead atoms. The Bertz CT molecular complexity index is 892. The summed E-state index contributed by atoms with van der Waals surface area (Å²) in [7, 11) is 0.